The molecule has 0 aliphatic heterocycles. The van der Waals surface area contributed by atoms with E-state index in [1.54, 1.807) is 45.0 Å². The molecule has 0 saturated heterocycles. The monoisotopic (exact) mass is 402 g/mol. The minimum absolute atomic E-state index is 0. The van der Waals surface area contributed by atoms with Crippen LogP contribution in [0, 0.1) is 5.92 Å². The highest BCUT2D eigenvalue weighted by Gasteiger charge is 2.37. The summed E-state index contributed by atoms with van der Waals surface area (Å²) in [6, 6.07) is 7.01. The third-order valence-electron chi connectivity index (χ3n) is 5.08. The quantitative estimate of drug-likeness (QED) is 0.803. The Bertz CT molecular complexity index is 722. The highest BCUT2D eigenvalue weighted by atomic mass is 35.5. The standard InChI is InChI=1S/C19H30N2O3S.ClH/c1-18(2,3)25(23,24)13-14-8-10-15(11-9-14)21-17(22)16-7-5-6-12-19(16,4)20;/h8-11,16H,5-7,12-13,20H2,1-4H3,(H,21,22);1H. The lowest BCUT2D eigenvalue weighted by Crippen LogP contribution is -2.51. The Balaban J connectivity index is 0.00000338. The number of hydrogen-bond donors (Lipinski definition) is 2. The number of carbonyl (C=O) groups excluding carboxylic acids is 1. The molecule has 5 nitrogen and oxygen atoms in total. The lowest BCUT2D eigenvalue weighted by atomic mass is 9.74. The summed E-state index contributed by atoms with van der Waals surface area (Å²) < 4.78 is 23.8. The Kier molecular flexibility index (Phi) is 7.30. The van der Waals surface area contributed by atoms with Gasteiger partial charge in [0.2, 0.25) is 5.91 Å². The van der Waals surface area contributed by atoms with Gasteiger partial charge in [-0.2, -0.15) is 0 Å². The Morgan fingerprint density at radius 2 is 1.81 bits per heavy atom. The van der Waals surface area contributed by atoms with Crippen molar-refractivity contribution >= 4 is 33.8 Å². The van der Waals surface area contributed by atoms with E-state index in [2.05, 4.69) is 5.32 Å². The molecule has 7 heteroatoms. The van der Waals surface area contributed by atoms with Gasteiger partial charge in [-0.15, -0.1) is 12.4 Å². The number of hydrogen-bond acceptors (Lipinski definition) is 4. The minimum Gasteiger partial charge on any atom is -0.326 e. The van der Waals surface area contributed by atoms with Crippen molar-refractivity contribution in [3.05, 3.63) is 29.8 Å². The molecule has 1 fully saturated rings. The molecule has 1 amide bonds. The van der Waals surface area contributed by atoms with E-state index in [0.29, 0.717) is 11.3 Å². The van der Waals surface area contributed by atoms with E-state index in [9.17, 15) is 13.2 Å². The van der Waals surface area contributed by atoms with Crippen molar-refractivity contribution in [2.75, 3.05) is 5.32 Å². The van der Waals surface area contributed by atoms with Gasteiger partial charge in [-0.05, 0) is 58.2 Å². The van der Waals surface area contributed by atoms with E-state index in [0.717, 1.165) is 25.7 Å². The van der Waals surface area contributed by atoms with Crippen molar-refractivity contribution in [1.82, 2.24) is 0 Å². The fourth-order valence-corrected chi connectivity index (χ4v) is 4.20. The first kappa shape index (κ1) is 22.9. The lowest BCUT2D eigenvalue weighted by Gasteiger charge is -2.37. The summed E-state index contributed by atoms with van der Waals surface area (Å²) in [7, 11) is -3.22. The van der Waals surface area contributed by atoms with Crippen LogP contribution in [0.15, 0.2) is 24.3 Å². The predicted octanol–water partition coefficient (Wildman–Crippen LogP) is 3.67. The summed E-state index contributed by atoms with van der Waals surface area (Å²) in [5.41, 5.74) is 7.20. The average molecular weight is 403 g/mol. The van der Waals surface area contributed by atoms with E-state index in [1.165, 1.54) is 0 Å². The summed E-state index contributed by atoms with van der Waals surface area (Å²) in [6.45, 7) is 7.04. The van der Waals surface area contributed by atoms with Gasteiger partial charge in [-0.3, -0.25) is 4.79 Å². The maximum absolute atomic E-state index is 12.5. The molecule has 148 valence electrons. The van der Waals surface area contributed by atoms with E-state index in [-0.39, 0.29) is 30.0 Å². The van der Waals surface area contributed by atoms with Gasteiger partial charge >= 0.3 is 0 Å². The fraction of sp³-hybridized carbons (Fsp3) is 0.632. The van der Waals surface area contributed by atoms with Crippen molar-refractivity contribution in [1.29, 1.82) is 0 Å². The van der Waals surface area contributed by atoms with Gasteiger partial charge in [0.05, 0.1) is 16.4 Å². The van der Waals surface area contributed by atoms with Gasteiger partial charge in [-0.1, -0.05) is 25.0 Å². The summed E-state index contributed by atoms with van der Waals surface area (Å²) in [6.07, 6.45) is 3.75. The molecule has 1 saturated carbocycles. The normalized spacial score (nSPS) is 23.8. The second kappa shape index (κ2) is 8.28. The molecular formula is C19H31ClN2O3S. The van der Waals surface area contributed by atoms with Crippen molar-refractivity contribution in [3.8, 4) is 0 Å². The molecule has 0 bridgehead atoms. The molecule has 0 spiro atoms. The van der Waals surface area contributed by atoms with Crippen LogP contribution in [0.3, 0.4) is 0 Å². The Morgan fingerprint density at radius 1 is 1.23 bits per heavy atom. The first-order valence-corrected chi connectivity index (χ1v) is 10.5. The van der Waals surface area contributed by atoms with Gasteiger partial charge in [0.1, 0.15) is 0 Å². The third kappa shape index (κ3) is 5.44. The number of nitrogens with two attached hydrogens (primary N) is 1. The van der Waals surface area contributed by atoms with Crippen molar-refractivity contribution < 1.29 is 13.2 Å². The lowest BCUT2D eigenvalue weighted by molar-refractivity contribution is -0.122. The van der Waals surface area contributed by atoms with Crippen LogP contribution >= 0.6 is 12.4 Å². The maximum atomic E-state index is 12.5. The number of sulfone groups is 1. The minimum atomic E-state index is -3.22. The maximum Gasteiger partial charge on any atom is 0.229 e. The molecule has 1 aromatic rings. The van der Waals surface area contributed by atoms with E-state index in [1.807, 2.05) is 6.92 Å². The first-order chi connectivity index (χ1) is 11.4. The smallest absolute Gasteiger partial charge is 0.229 e. The number of halogens is 1. The third-order valence-corrected chi connectivity index (χ3v) is 7.66. The van der Waals surface area contributed by atoms with E-state index >= 15 is 0 Å². The predicted molar refractivity (Wildman–Crippen MR) is 109 cm³/mol. The molecule has 1 aromatic carbocycles. The topological polar surface area (TPSA) is 89.3 Å². The van der Waals surface area contributed by atoms with Gasteiger partial charge < -0.3 is 11.1 Å². The molecule has 1 aliphatic carbocycles. The van der Waals surface area contributed by atoms with Crippen LogP contribution in [0.1, 0.15) is 58.9 Å². The fourth-order valence-electron chi connectivity index (χ4n) is 3.14. The second-order valence-corrected chi connectivity index (χ2v) is 11.1. The van der Waals surface area contributed by atoms with Crippen LogP contribution in [0.5, 0.6) is 0 Å². The molecule has 2 unspecified atom stereocenters. The molecule has 2 atom stereocenters. The van der Waals surface area contributed by atoms with Gasteiger partial charge in [0, 0.05) is 11.2 Å². The number of carbonyl (C=O) groups is 1. The Hall–Kier alpha value is -1.11. The summed E-state index contributed by atoms with van der Waals surface area (Å²) in [5.74, 6) is -0.254. The zero-order chi connectivity index (χ0) is 18.9. The molecule has 0 heterocycles. The van der Waals surface area contributed by atoms with Crippen LogP contribution < -0.4 is 11.1 Å². The van der Waals surface area contributed by atoms with Gasteiger partial charge in [0.25, 0.3) is 0 Å². The number of nitrogens with one attached hydrogen (secondary N) is 1. The van der Waals surface area contributed by atoms with Crippen molar-refractivity contribution in [2.24, 2.45) is 11.7 Å². The highest BCUT2D eigenvalue weighted by molar-refractivity contribution is 7.91. The molecule has 2 rings (SSSR count). The second-order valence-electron chi connectivity index (χ2n) is 8.36. The zero-order valence-corrected chi connectivity index (χ0v) is 17.7. The van der Waals surface area contributed by atoms with Crippen molar-refractivity contribution in [2.45, 2.75) is 69.4 Å². The van der Waals surface area contributed by atoms with E-state index in [4.69, 9.17) is 5.73 Å². The van der Waals surface area contributed by atoms with Crippen LogP contribution in [-0.2, 0) is 20.4 Å². The summed E-state index contributed by atoms with van der Waals surface area (Å²) in [5, 5.41) is 2.92. The van der Waals surface area contributed by atoms with Crippen LogP contribution in [-0.4, -0.2) is 24.6 Å². The summed E-state index contributed by atoms with van der Waals surface area (Å²) >= 11 is 0. The van der Waals surface area contributed by atoms with Crippen LogP contribution in [0.4, 0.5) is 5.69 Å². The number of benzene rings is 1. The summed E-state index contributed by atoms with van der Waals surface area (Å²) in [4.78, 5) is 12.5. The van der Waals surface area contributed by atoms with Gasteiger partial charge in [0.15, 0.2) is 9.84 Å². The Morgan fingerprint density at radius 3 is 2.31 bits per heavy atom. The number of amides is 1. The largest absolute Gasteiger partial charge is 0.326 e. The first-order valence-electron chi connectivity index (χ1n) is 8.83. The molecule has 1 aliphatic rings. The molecular weight excluding hydrogens is 372 g/mol. The SMILES string of the molecule is CC1(N)CCCCC1C(=O)Nc1ccc(CS(=O)(=O)C(C)(C)C)cc1.Cl. The van der Waals surface area contributed by atoms with Crippen molar-refractivity contribution in [3.63, 3.8) is 0 Å². The molecule has 0 aromatic heterocycles. The molecule has 0 radical (unpaired) electrons. The number of rotatable bonds is 4. The molecule has 26 heavy (non-hydrogen) atoms. The van der Waals surface area contributed by atoms with Gasteiger partial charge in [-0.25, -0.2) is 8.42 Å². The highest BCUT2D eigenvalue weighted by Crippen LogP contribution is 2.32. The average Bonchev–Trinajstić information content (AvgIpc) is 2.47. The number of anilines is 1. The van der Waals surface area contributed by atoms with Crippen LogP contribution in [0.25, 0.3) is 0 Å². The van der Waals surface area contributed by atoms with Crippen LogP contribution in [0.2, 0.25) is 0 Å². The molecule has 3 N–H and O–H groups in total. The van der Waals surface area contributed by atoms with E-state index < -0.39 is 20.1 Å². The Labute approximate surface area is 163 Å². The zero-order valence-electron chi connectivity index (χ0n) is 16.0.